The fraction of sp³-hybridized carbons (Fsp3) is 0.0952. The van der Waals surface area contributed by atoms with Crippen molar-refractivity contribution in [1.82, 2.24) is 0 Å². The Balaban J connectivity index is 1.60. The first kappa shape index (κ1) is 16.6. The molecule has 0 fully saturated rings. The fourth-order valence-electron chi connectivity index (χ4n) is 2.52. The van der Waals surface area contributed by atoms with Crippen LogP contribution in [-0.4, -0.2) is 5.91 Å². The zero-order valence-electron chi connectivity index (χ0n) is 14.0. The quantitative estimate of drug-likeness (QED) is 0.692. The number of hydrogen-bond acceptors (Lipinski definition) is 1. The van der Waals surface area contributed by atoms with Crippen molar-refractivity contribution in [3.63, 3.8) is 0 Å². The molecule has 0 saturated carbocycles. The maximum Gasteiger partial charge on any atom is 0.254 e. The number of carbonyl (C=O) groups excluding carboxylic acids is 1. The number of aryl methyl sites for hydroxylation is 2. The van der Waals surface area contributed by atoms with E-state index in [2.05, 4.69) is 53.4 Å². The van der Waals surface area contributed by atoms with Gasteiger partial charge in [0.15, 0.2) is 24.8 Å². The normalized spacial score (nSPS) is 10.9. The Morgan fingerprint density at radius 3 is 2.12 bits per heavy atom. The summed E-state index contributed by atoms with van der Waals surface area (Å²) in [6.07, 6.45) is 12.0. The minimum atomic E-state index is -0.406. The molecule has 4 nitrogen and oxygen atoms in total. The van der Waals surface area contributed by atoms with Crippen LogP contribution in [0.4, 0.5) is 0 Å². The van der Waals surface area contributed by atoms with Crippen LogP contribution in [0.15, 0.2) is 79.4 Å². The van der Waals surface area contributed by atoms with Gasteiger partial charge in [-0.15, -0.1) is 0 Å². The minimum Gasteiger partial charge on any atom is -0.365 e. The van der Waals surface area contributed by atoms with Gasteiger partial charge in [-0.3, -0.25) is 4.79 Å². The number of benzene rings is 1. The second-order valence-corrected chi connectivity index (χ2v) is 5.81. The van der Waals surface area contributed by atoms with E-state index >= 15 is 0 Å². The summed E-state index contributed by atoms with van der Waals surface area (Å²) in [5.74, 6) is -0.406. The van der Waals surface area contributed by atoms with E-state index in [4.69, 9.17) is 5.73 Å². The summed E-state index contributed by atoms with van der Waals surface area (Å²) in [6, 6.07) is 18.0. The molecule has 25 heavy (non-hydrogen) atoms. The lowest BCUT2D eigenvalue weighted by molar-refractivity contribution is -0.778. The summed E-state index contributed by atoms with van der Waals surface area (Å²) < 4.78 is 4.08. The molecule has 0 aliphatic heterocycles. The van der Waals surface area contributed by atoms with E-state index in [0.717, 1.165) is 18.7 Å². The standard InChI is InChI=1S/C21H20N3O/c22-21(25)20-7-4-12-24(17-20)16-15-23-13-10-19(11-14-23)9-8-18-5-2-1-3-6-18/h1-14,17H,15-16H2,(H-,22,25)/q+1/p+1. The van der Waals surface area contributed by atoms with E-state index in [9.17, 15) is 4.79 Å². The van der Waals surface area contributed by atoms with Gasteiger partial charge in [-0.2, -0.15) is 9.13 Å². The number of amides is 1. The second kappa shape index (κ2) is 8.02. The number of aromatic nitrogens is 2. The van der Waals surface area contributed by atoms with Crippen molar-refractivity contribution in [3.05, 3.63) is 96.1 Å². The molecule has 0 radical (unpaired) electrons. The topological polar surface area (TPSA) is 50.9 Å². The first-order valence-corrected chi connectivity index (χ1v) is 8.22. The SMILES string of the molecule is NC(=O)c1ccc[n+](CC[n+]2ccc(C=Cc3ccccc3)cc2)c1. The van der Waals surface area contributed by atoms with Gasteiger partial charge in [0.2, 0.25) is 13.1 Å². The smallest absolute Gasteiger partial charge is 0.254 e. The molecule has 0 spiro atoms. The molecule has 2 heterocycles. The van der Waals surface area contributed by atoms with Crippen molar-refractivity contribution in [2.75, 3.05) is 0 Å². The Hall–Kier alpha value is -3.27. The number of primary amides is 1. The van der Waals surface area contributed by atoms with E-state index in [1.807, 2.05) is 35.0 Å². The Bertz CT molecular complexity index is 871. The highest BCUT2D eigenvalue weighted by atomic mass is 16.1. The highest BCUT2D eigenvalue weighted by Gasteiger charge is 2.09. The van der Waals surface area contributed by atoms with E-state index in [0.29, 0.717) is 5.56 Å². The summed E-state index contributed by atoms with van der Waals surface area (Å²) in [5, 5.41) is 0. The molecule has 1 aromatic carbocycles. The Kier molecular flexibility index (Phi) is 5.32. The lowest BCUT2D eigenvalue weighted by Gasteiger charge is -1.98. The van der Waals surface area contributed by atoms with Crippen LogP contribution in [0.25, 0.3) is 12.2 Å². The number of pyridine rings is 2. The summed E-state index contributed by atoms with van der Waals surface area (Å²) in [5.41, 5.74) is 8.18. The lowest BCUT2D eigenvalue weighted by atomic mass is 10.1. The van der Waals surface area contributed by atoms with Crippen LogP contribution in [0, 0.1) is 0 Å². The van der Waals surface area contributed by atoms with Crippen LogP contribution in [0.5, 0.6) is 0 Å². The van der Waals surface area contributed by atoms with Gasteiger partial charge in [0, 0.05) is 18.2 Å². The highest BCUT2D eigenvalue weighted by molar-refractivity contribution is 5.92. The third-order valence-corrected chi connectivity index (χ3v) is 3.94. The zero-order valence-corrected chi connectivity index (χ0v) is 14.0. The molecule has 2 N–H and O–H groups in total. The van der Waals surface area contributed by atoms with E-state index in [-0.39, 0.29) is 0 Å². The van der Waals surface area contributed by atoms with Gasteiger partial charge in [0.1, 0.15) is 5.56 Å². The maximum atomic E-state index is 11.2. The average molecular weight is 331 g/mol. The van der Waals surface area contributed by atoms with Gasteiger partial charge in [0.25, 0.3) is 5.91 Å². The molecular weight excluding hydrogens is 310 g/mol. The predicted molar refractivity (Wildman–Crippen MR) is 97.2 cm³/mol. The Labute approximate surface area is 147 Å². The molecule has 0 saturated heterocycles. The largest absolute Gasteiger partial charge is 0.365 e. The minimum absolute atomic E-state index is 0.406. The number of nitrogens with two attached hydrogens (primary N) is 1. The number of hydrogen-bond donors (Lipinski definition) is 1. The van der Waals surface area contributed by atoms with Crippen molar-refractivity contribution in [2.45, 2.75) is 13.1 Å². The van der Waals surface area contributed by atoms with E-state index in [1.165, 1.54) is 5.56 Å². The summed E-state index contributed by atoms with van der Waals surface area (Å²) in [6.45, 7) is 1.58. The van der Waals surface area contributed by atoms with Gasteiger partial charge < -0.3 is 5.73 Å². The van der Waals surface area contributed by atoms with Gasteiger partial charge in [-0.05, 0) is 17.2 Å². The van der Waals surface area contributed by atoms with Crippen LogP contribution in [0.1, 0.15) is 21.5 Å². The Morgan fingerprint density at radius 1 is 0.800 bits per heavy atom. The maximum absolute atomic E-state index is 11.2. The monoisotopic (exact) mass is 331 g/mol. The molecule has 1 amide bonds. The average Bonchev–Trinajstić information content (AvgIpc) is 2.66. The molecule has 0 unspecified atom stereocenters. The Morgan fingerprint density at radius 2 is 1.44 bits per heavy atom. The van der Waals surface area contributed by atoms with Crippen molar-refractivity contribution in [3.8, 4) is 0 Å². The zero-order chi connectivity index (χ0) is 17.5. The highest BCUT2D eigenvalue weighted by Crippen LogP contribution is 2.06. The first-order chi connectivity index (χ1) is 12.2. The second-order valence-electron chi connectivity index (χ2n) is 5.81. The number of rotatable bonds is 6. The molecule has 4 heteroatoms. The fourth-order valence-corrected chi connectivity index (χ4v) is 2.52. The lowest BCUT2D eigenvalue weighted by Crippen LogP contribution is -2.44. The van der Waals surface area contributed by atoms with Crippen molar-refractivity contribution >= 4 is 18.1 Å². The number of nitrogens with zero attached hydrogens (tertiary/aromatic N) is 2. The molecule has 124 valence electrons. The van der Waals surface area contributed by atoms with Crippen molar-refractivity contribution < 1.29 is 13.9 Å². The van der Waals surface area contributed by atoms with E-state index < -0.39 is 5.91 Å². The molecule has 0 aliphatic rings. The van der Waals surface area contributed by atoms with Gasteiger partial charge in [-0.1, -0.05) is 42.5 Å². The predicted octanol–water partition coefficient (Wildman–Crippen LogP) is 2.23. The first-order valence-electron chi connectivity index (χ1n) is 8.22. The van der Waals surface area contributed by atoms with Crippen LogP contribution in [-0.2, 0) is 13.1 Å². The van der Waals surface area contributed by atoms with Gasteiger partial charge in [0.05, 0.1) is 0 Å². The third kappa shape index (κ3) is 4.85. The van der Waals surface area contributed by atoms with Crippen LogP contribution in [0.3, 0.4) is 0 Å². The van der Waals surface area contributed by atoms with Crippen LogP contribution >= 0.6 is 0 Å². The van der Waals surface area contributed by atoms with Crippen LogP contribution in [0.2, 0.25) is 0 Å². The summed E-state index contributed by atoms with van der Waals surface area (Å²) >= 11 is 0. The van der Waals surface area contributed by atoms with Crippen LogP contribution < -0.4 is 14.9 Å². The molecule has 3 aromatic rings. The molecule has 0 aliphatic carbocycles. The molecule has 2 aromatic heterocycles. The van der Waals surface area contributed by atoms with Crippen molar-refractivity contribution in [2.24, 2.45) is 5.73 Å². The summed E-state index contributed by atoms with van der Waals surface area (Å²) in [7, 11) is 0. The molecule has 0 atom stereocenters. The van der Waals surface area contributed by atoms with E-state index in [1.54, 1.807) is 12.3 Å². The summed E-state index contributed by atoms with van der Waals surface area (Å²) in [4.78, 5) is 11.2. The molecule has 0 bridgehead atoms. The van der Waals surface area contributed by atoms with Gasteiger partial charge >= 0.3 is 0 Å². The molecular formula is C21H21N3O+2. The van der Waals surface area contributed by atoms with Gasteiger partial charge in [-0.25, -0.2) is 0 Å². The molecule has 3 rings (SSSR count). The third-order valence-electron chi connectivity index (χ3n) is 3.94. The number of carbonyl (C=O) groups is 1. The van der Waals surface area contributed by atoms with Crippen molar-refractivity contribution in [1.29, 1.82) is 0 Å².